The molecule has 1 unspecified atom stereocenters. The first-order chi connectivity index (χ1) is 12.7. The summed E-state index contributed by atoms with van der Waals surface area (Å²) in [6.07, 6.45) is 2.38. The van der Waals surface area contributed by atoms with E-state index in [0.29, 0.717) is 5.69 Å². The molecule has 1 fully saturated rings. The fourth-order valence-electron chi connectivity index (χ4n) is 3.02. The van der Waals surface area contributed by atoms with Crippen LogP contribution in [0.5, 0.6) is 0 Å². The summed E-state index contributed by atoms with van der Waals surface area (Å²) in [6.45, 7) is 8.77. The van der Waals surface area contributed by atoms with Crippen LogP contribution in [0.3, 0.4) is 0 Å². The van der Waals surface area contributed by atoms with Gasteiger partial charge in [-0.3, -0.25) is 9.69 Å². The van der Waals surface area contributed by atoms with Crippen LogP contribution in [-0.2, 0) is 6.54 Å². The minimum atomic E-state index is -0.134. The Bertz CT molecular complexity index is 713. The first-order valence-electron chi connectivity index (χ1n) is 9.30. The SMILES string of the molecule is CCC(C)NC(=O)c1cc(N2CCN(Cc3ccccc3)CC2)ncn1. The zero-order chi connectivity index (χ0) is 18.4. The predicted octanol–water partition coefficient (Wildman–Crippen LogP) is 2.33. The Balaban J connectivity index is 1.57. The molecule has 1 amide bonds. The van der Waals surface area contributed by atoms with Crippen LogP contribution in [0.2, 0.25) is 0 Å². The fourth-order valence-corrected chi connectivity index (χ4v) is 3.02. The fraction of sp³-hybridized carbons (Fsp3) is 0.450. The van der Waals surface area contributed by atoms with Crippen LogP contribution in [0, 0.1) is 0 Å². The second-order valence-electron chi connectivity index (χ2n) is 6.79. The van der Waals surface area contributed by atoms with E-state index in [9.17, 15) is 4.79 Å². The molecule has 1 aliphatic rings. The third-order valence-corrected chi connectivity index (χ3v) is 4.82. The van der Waals surface area contributed by atoms with Crippen molar-refractivity contribution in [1.29, 1.82) is 0 Å². The maximum Gasteiger partial charge on any atom is 0.270 e. The van der Waals surface area contributed by atoms with Crippen molar-refractivity contribution < 1.29 is 4.79 Å². The number of carbonyl (C=O) groups is 1. The second-order valence-corrected chi connectivity index (χ2v) is 6.79. The molecule has 3 rings (SSSR count). The molecular formula is C20H27N5O. The van der Waals surface area contributed by atoms with Crippen molar-refractivity contribution in [3.63, 3.8) is 0 Å². The number of hydrogen-bond acceptors (Lipinski definition) is 5. The highest BCUT2D eigenvalue weighted by Crippen LogP contribution is 2.15. The van der Waals surface area contributed by atoms with E-state index in [2.05, 4.69) is 49.4 Å². The number of rotatable bonds is 6. The molecule has 0 bridgehead atoms. The topological polar surface area (TPSA) is 61.4 Å². The third kappa shape index (κ3) is 4.79. The van der Waals surface area contributed by atoms with Crippen LogP contribution >= 0.6 is 0 Å². The van der Waals surface area contributed by atoms with E-state index >= 15 is 0 Å². The van der Waals surface area contributed by atoms with Gasteiger partial charge >= 0.3 is 0 Å². The molecule has 1 aliphatic heterocycles. The van der Waals surface area contributed by atoms with Gasteiger partial charge in [0, 0.05) is 44.8 Å². The van der Waals surface area contributed by atoms with Gasteiger partial charge < -0.3 is 10.2 Å². The van der Waals surface area contributed by atoms with Crippen LogP contribution in [0.4, 0.5) is 5.82 Å². The molecule has 0 saturated carbocycles. The molecular weight excluding hydrogens is 326 g/mol. The first-order valence-corrected chi connectivity index (χ1v) is 9.30. The van der Waals surface area contributed by atoms with Crippen LogP contribution in [0.15, 0.2) is 42.7 Å². The monoisotopic (exact) mass is 353 g/mol. The molecule has 1 N–H and O–H groups in total. The van der Waals surface area contributed by atoms with Gasteiger partial charge in [0.2, 0.25) is 0 Å². The van der Waals surface area contributed by atoms with Gasteiger partial charge in [0.15, 0.2) is 0 Å². The molecule has 2 heterocycles. The van der Waals surface area contributed by atoms with Gasteiger partial charge in [-0.1, -0.05) is 37.3 Å². The Labute approximate surface area is 155 Å². The highest BCUT2D eigenvalue weighted by atomic mass is 16.1. The van der Waals surface area contributed by atoms with Crippen LogP contribution in [0.25, 0.3) is 0 Å². The number of nitrogens with zero attached hydrogens (tertiary/aromatic N) is 4. The van der Waals surface area contributed by atoms with Crippen molar-refractivity contribution in [3.8, 4) is 0 Å². The van der Waals surface area contributed by atoms with Crippen LogP contribution in [0.1, 0.15) is 36.3 Å². The molecule has 0 spiro atoms. The van der Waals surface area contributed by atoms with Crippen molar-refractivity contribution in [3.05, 3.63) is 54.0 Å². The molecule has 2 aromatic rings. The Kier molecular flexibility index (Phi) is 6.17. The van der Waals surface area contributed by atoms with Crippen molar-refractivity contribution in [2.45, 2.75) is 32.9 Å². The van der Waals surface area contributed by atoms with E-state index < -0.39 is 0 Å². The summed E-state index contributed by atoms with van der Waals surface area (Å²) >= 11 is 0. The normalized spacial score (nSPS) is 16.3. The number of aromatic nitrogens is 2. The molecule has 0 radical (unpaired) electrons. The highest BCUT2D eigenvalue weighted by molar-refractivity contribution is 5.93. The molecule has 1 aromatic carbocycles. The Morgan fingerprint density at radius 3 is 2.58 bits per heavy atom. The van der Waals surface area contributed by atoms with Gasteiger partial charge in [0.25, 0.3) is 5.91 Å². The van der Waals surface area contributed by atoms with Crippen LogP contribution < -0.4 is 10.2 Å². The van der Waals surface area contributed by atoms with E-state index in [1.165, 1.54) is 11.9 Å². The van der Waals surface area contributed by atoms with Crippen molar-refractivity contribution >= 4 is 11.7 Å². The van der Waals surface area contributed by atoms with Crippen LogP contribution in [-0.4, -0.2) is 53.0 Å². The summed E-state index contributed by atoms with van der Waals surface area (Å²) in [7, 11) is 0. The lowest BCUT2D eigenvalue weighted by Gasteiger charge is -2.35. The van der Waals surface area contributed by atoms with E-state index in [1.54, 1.807) is 6.07 Å². The van der Waals surface area contributed by atoms with Gasteiger partial charge in [0.05, 0.1) is 0 Å². The summed E-state index contributed by atoms with van der Waals surface area (Å²) in [5.41, 5.74) is 1.77. The Morgan fingerprint density at radius 2 is 1.88 bits per heavy atom. The molecule has 1 saturated heterocycles. The molecule has 6 nitrogen and oxygen atoms in total. The number of anilines is 1. The Morgan fingerprint density at radius 1 is 1.15 bits per heavy atom. The van der Waals surface area contributed by atoms with E-state index in [4.69, 9.17) is 0 Å². The summed E-state index contributed by atoms with van der Waals surface area (Å²) < 4.78 is 0. The summed E-state index contributed by atoms with van der Waals surface area (Å²) in [5, 5.41) is 2.95. The number of benzene rings is 1. The standard InChI is InChI=1S/C20H27N5O/c1-3-16(2)23-20(26)18-13-19(22-15-21-18)25-11-9-24(10-12-25)14-17-7-5-4-6-8-17/h4-8,13,15-16H,3,9-12,14H2,1-2H3,(H,23,26). The zero-order valence-corrected chi connectivity index (χ0v) is 15.6. The molecule has 6 heteroatoms. The highest BCUT2D eigenvalue weighted by Gasteiger charge is 2.19. The van der Waals surface area contributed by atoms with Gasteiger partial charge in [-0.2, -0.15) is 0 Å². The molecule has 26 heavy (non-hydrogen) atoms. The average Bonchev–Trinajstić information content (AvgIpc) is 2.69. The molecule has 1 atom stereocenters. The lowest BCUT2D eigenvalue weighted by molar-refractivity contribution is 0.0934. The second kappa shape index (κ2) is 8.76. The lowest BCUT2D eigenvalue weighted by Crippen LogP contribution is -2.46. The zero-order valence-electron chi connectivity index (χ0n) is 15.6. The number of hydrogen-bond donors (Lipinski definition) is 1. The maximum atomic E-state index is 12.3. The number of piperazine rings is 1. The third-order valence-electron chi connectivity index (χ3n) is 4.82. The molecule has 0 aliphatic carbocycles. The van der Waals surface area contributed by atoms with Gasteiger partial charge in [-0.15, -0.1) is 0 Å². The van der Waals surface area contributed by atoms with Crippen molar-refractivity contribution in [2.75, 3.05) is 31.1 Å². The number of nitrogens with one attached hydrogen (secondary N) is 1. The van der Waals surface area contributed by atoms with Gasteiger partial charge in [-0.05, 0) is 18.9 Å². The molecule has 1 aromatic heterocycles. The predicted molar refractivity (Wildman–Crippen MR) is 103 cm³/mol. The summed E-state index contributed by atoms with van der Waals surface area (Å²) in [5.74, 6) is 0.694. The quantitative estimate of drug-likeness (QED) is 0.864. The lowest BCUT2D eigenvalue weighted by atomic mass is 10.2. The van der Waals surface area contributed by atoms with Crippen molar-refractivity contribution in [2.24, 2.45) is 0 Å². The summed E-state index contributed by atoms with van der Waals surface area (Å²) in [6, 6.07) is 12.5. The van der Waals surface area contributed by atoms with E-state index in [0.717, 1.165) is 45.0 Å². The van der Waals surface area contributed by atoms with Crippen molar-refractivity contribution in [1.82, 2.24) is 20.2 Å². The minimum absolute atomic E-state index is 0.134. The number of carbonyl (C=O) groups excluding carboxylic acids is 1. The molecule has 138 valence electrons. The average molecular weight is 353 g/mol. The number of amides is 1. The first kappa shape index (κ1) is 18.3. The van der Waals surface area contributed by atoms with Gasteiger partial charge in [-0.25, -0.2) is 9.97 Å². The van der Waals surface area contributed by atoms with E-state index in [1.807, 2.05) is 19.9 Å². The largest absolute Gasteiger partial charge is 0.354 e. The van der Waals surface area contributed by atoms with E-state index in [-0.39, 0.29) is 11.9 Å². The maximum absolute atomic E-state index is 12.3. The minimum Gasteiger partial charge on any atom is -0.354 e. The van der Waals surface area contributed by atoms with Gasteiger partial charge in [0.1, 0.15) is 17.8 Å². The Hall–Kier alpha value is -2.47. The smallest absolute Gasteiger partial charge is 0.270 e. The summed E-state index contributed by atoms with van der Waals surface area (Å²) in [4.78, 5) is 25.5.